The molecule has 0 amide bonds. The predicted octanol–water partition coefficient (Wildman–Crippen LogP) is -1.84. The molecular weight excluding hydrogens is 248 g/mol. The van der Waals surface area contributed by atoms with Crippen LogP contribution in [0, 0.1) is 0 Å². The van der Waals surface area contributed by atoms with Crippen molar-refractivity contribution in [2.75, 3.05) is 0 Å². The van der Waals surface area contributed by atoms with E-state index in [4.69, 9.17) is 26.8 Å². The van der Waals surface area contributed by atoms with E-state index in [0.717, 1.165) is 0 Å². The fourth-order valence-corrected chi connectivity index (χ4v) is 0.613. The summed E-state index contributed by atoms with van der Waals surface area (Å²) in [6.45, 7) is 0. The molecule has 0 saturated carbocycles. The Morgan fingerprint density at radius 3 is 1.78 bits per heavy atom. The number of carboxylic acids is 3. The minimum absolute atomic E-state index is 0.0730. The molecule has 1 radical (unpaired) electrons. The molecule has 9 nitrogen and oxygen atoms in total. The highest BCUT2D eigenvalue weighted by molar-refractivity contribution is 5.80. The second-order valence-corrected chi connectivity index (χ2v) is 3.20. The molecule has 7 N–H and O–H groups in total. The Balaban J connectivity index is 0. The normalized spacial score (nSPS) is 12.6. The molecule has 0 fully saturated rings. The van der Waals surface area contributed by atoms with Crippen molar-refractivity contribution >= 4 is 24.2 Å². The maximum atomic E-state index is 9.85. The van der Waals surface area contributed by atoms with Gasteiger partial charge in [-0.1, -0.05) is 0 Å². The van der Waals surface area contributed by atoms with E-state index in [2.05, 4.69) is 0 Å². The van der Waals surface area contributed by atoms with Crippen molar-refractivity contribution in [3.05, 3.63) is 0 Å². The number of rotatable bonds is 7. The second kappa shape index (κ2) is 10.2. The maximum Gasteiger partial charge on any atom is 0.321 e. The van der Waals surface area contributed by atoms with Crippen LogP contribution >= 0.6 is 0 Å². The molecule has 0 aliphatic heterocycles. The Labute approximate surface area is 102 Å². The number of carboxylic acid groups (broad SMARTS) is 3. The first-order chi connectivity index (χ1) is 8.20. The van der Waals surface area contributed by atoms with Gasteiger partial charge in [-0.25, -0.2) is 0 Å². The molecule has 9 heteroatoms. The Morgan fingerprint density at radius 2 is 1.56 bits per heavy atom. The summed E-state index contributed by atoms with van der Waals surface area (Å²) in [4.78, 5) is 39.1. The van der Waals surface area contributed by atoms with Gasteiger partial charge >= 0.3 is 17.9 Å². The molecule has 0 heterocycles. The van der Waals surface area contributed by atoms with Crippen LogP contribution in [0.15, 0.2) is 0 Å². The minimum atomic E-state index is -1.29. The number of carbonyl (C=O) groups is 3. The van der Waals surface area contributed by atoms with E-state index in [1.807, 2.05) is 0 Å². The molecule has 0 aliphatic carbocycles. The lowest BCUT2D eigenvalue weighted by atomic mass is 10.2. The van der Waals surface area contributed by atoms with Gasteiger partial charge in [0.05, 0.1) is 12.5 Å². The molecule has 0 bridgehead atoms. The summed E-state index contributed by atoms with van der Waals surface area (Å²) < 4.78 is 0. The number of aliphatic carboxylic acids is 3. The molecule has 0 rings (SSSR count). The Hall–Kier alpha value is -2.00. The first-order valence-corrected chi connectivity index (χ1v) is 4.75. The minimum Gasteiger partial charge on any atom is -0.481 e. The van der Waals surface area contributed by atoms with Crippen molar-refractivity contribution in [1.29, 1.82) is 0 Å². The molecule has 0 saturated heterocycles. The zero-order valence-corrected chi connectivity index (χ0v) is 9.41. The molecule has 18 heavy (non-hydrogen) atoms. The number of carbonyl (C=O) groups excluding carboxylic acids is 1. The van der Waals surface area contributed by atoms with Crippen molar-refractivity contribution in [3.8, 4) is 0 Å². The van der Waals surface area contributed by atoms with Crippen LogP contribution in [0.2, 0.25) is 0 Å². The van der Waals surface area contributed by atoms with E-state index in [1.54, 1.807) is 0 Å². The molecule has 0 aliphatic rings. The summed E-state index contributed by atoms with van der Waals surface area (Å²) in [7, 11) is 0. The monoisotopic (exact) mass is 263 g/mol. The second-order valence-electron chi connectivity index (χ2n) is 3.20. The first-order valence-electron chi connectivity index (χ1n) is 4.75. The fourth-order valence-electron chi connectivity index (χ4n) is 0.613. The Bertz CT molecular complexity index is 305. The largest absolute Gasteiger partial charge is 0.481 e. The van der Waals surface area contributed by atoms with Gasteiger partial charge in [0.2, 0.25) is 6.29 Å². The third-order valence-electron chi connectivity index (χ3n) is 1.53. The smallest absolute Gasteiger partial charge is 0.321 e. The van der Waals surface area contributed by atoms with Crippen LogP contribution in [0.25, 0.3) is 0 Å². The zero-order chi connectivity index (χ0) is 14.7. The van der Waals surface area contributed by atoms with Gasteiger partial charge in [-0.05, 0) is 6.42 Å². The van der Waals surface area contributed by atoms with Crippen LogP contribution in [0.1, 0.15) is 19.3 Å². The lowest BCUT2D eigenvalue weighted by Crippen LogP contribution is -2.32. The van der Waals surface area contributed by atoms with Crippen LogP contribution < -0.4 is 11.5 Å². The first kappa shape index (κ1) is 18.4. The number of hydrogen-bond acceptors (Lipinski definition) is 6. The molecule has 0 spiro atoms. The highest BCUT2D eigenvalue weighted by Gasteiger charge is 2.14. The van der Waals surface area contributed by atoms with Crippen LogP contribution in [0.5, 0.6) is 0 Å². The van der Waals surface area contributed by atoms with Gasteiger partial charge in [0, 0.05) is 6.42 Å². The number of nitrogens with two attached hydrogens (primary N) is 2. The molecular formula is C9H15N2O7. The Kier molecular flexibility index (Phi) is 10.4. The Morgan fingerprint density at radius 1 is 1.06 bits per heavy atom. The van der Waals surface area contributed by atoms with E-state index in [9.17, 15) is 19.2 Å². The van der Waals surface area contributed by atoms with Crippen LogP contribution in [0.3, 0.4) is 0 Å². The SMILES string of the molecule is NC([C]=O)CCC(=O)O.N[C@@H](CC(=O)O)C(=O)O. The van der Waals surface area contributed by atoms with Gasteiger partial charge in [-0.2, -0.15) is 0 Å². The maximum absolute atomic E-state index is 9.85. The lowest BCUT2D eigenvalue weighted by molar-refractivity contribution is -0.144. The molecule has 0 aromatic heterocycles. The van der Waals surface area contributed by atoms with Crippen LogP contribution in [0.4, 0.5) is 0 Å². The average Bonchev–Trinajstić information content (AvgIpc) is 2.25. The summed E-state index contributed by atoms with van der Waals surface area (Å²) in [6, 6.07) is -2.04. The van der Waals surface area contributed by atoms with E-state index in [0.29, 0.717) is 0 Å². The van der Waals surface area contributed by atoms with E-state index in [1.165, 1.54) is 6.29 Å². The highest BCUT2D eigenvalue weighted by Crippen LogP contribution is 1.90. The fraction of sp³-hybridized carbons (Fsp3) is 0.556. The number of hydrogen-bond donors (Lipinski definition) is 5. The summed E-state index contributed by atoms with van der Waals surface area (Å²) >= 11 is 0. The van der Waals surface area contributed by atoms with Gasteiger partial charge in [0.15, 0.2) is 0 Å². The predicted molar refractivity (Wildman–Crippen MR) is 58.4 cm³/mol. The summed E-state index contributed by atoms with van der Waals surface area (Å²) in [6.07, 6.45) is 1.04. The van der Waals surface area contributed by atoms with Crippen molar-refractivity contribution in [2.24, 2.45) is 11.5 Å². The van der Waals surface area contributed by atoms with Gasteiger partial charge < -0.3 is 26.8 Å². The molecule has 0 aromatic rings. The topological polar surface area (TPSA) is 181 Å². The zero-order valence-electron chi connectivity index (χ0n) is 9.41. The highest BCUT2D eigenvalue weighted by atomic mass is 16.4. The molecule has 2 atom stereocenters. The van der Waals surface area contributed by atoms with E-state index < -0.39 is 36.4 Å². The van der Waals surface area contributed by atoms with E-state index >= 15 is 0 Å². The third kappa shape index (κ3) is 14.0. The van der Waals surface area contributed by atoms with Crippen molar-refractivity contribution in [1.82, 2.24) is 0 Å². The van der Waals surface area contributed by atoms with Crippen molar-refractivity contribution in [3.63, 3.8) is 0 Å². The summed E-state index contributed by atoms with van der Waals surface area (Å²) in [5, 5.41) is 24.1. The molecule has 0 aromatic carbocycles. The summed E-state index contributed by atoms with van der Waals surface area (Å²) in [5.41, 5.74) is 9.87. The van der Waals surface area contributed by atoms with Gasteiger partial charge in [0.25, 0.3) is 0 Å². The standard InChI is InChI=1S/C5H8NO3.C4H7NO4/c6-4(3-7)1-2-5(8)9;5-2(4(8)9)1-3(6)7/h4H,1-2,6H2,(H,8,9);2H,1,5H2,(H,6,7)(H,8,9)/t;2-/m.0/s1. The average molecular weight is 263 g/mol. The van der Waals surface area contributed by atoms with E-state index in [-0.39, 0.29) is 12.8 Å². The quantitative estimate of drug-likeness (QED) is 0.352. The van der Waals surface area contributed by atoms with Crippen LogP contribution in [-0.2, 0) is 19.2 Å². The van der Waals surface area contributed by atoms with Crippen LogP contribution in [-0.4, -0.2) is 51.6 Å². The van der Waals surface area contributed by atoms with Gasteiger partial charge in [0.1, 0.15) is 6.04 Å². The molecule has 103 valence electrons. The van der Waals surface area contributed by atoms with Crippen molar-refractivity contribution < 1.29 is 34.5 Å². The van der Waals surface area contributed by atoms with Gasteiger partial charge in [-0.3, -0.25) is 19.2 Å². The van der Waals surface area contributed by atoms with Gasteiger partial charge in [-0.15, -0.1) is 0 Å². The summed E-state index contributed by atoms with van der Waals surface area (Å²) in [5.74, 6) is -3.44. The lowest BCUT2D eigenvalue weighted by Gasteiger charge is -1.99. The molecule has 1 unspecified atom stereocenters. The third-order valence-corrected chi connectivity index (χ3v) is 1.53. The van der Waals surface area contributed by atoms with Crippen molar-refractivity contribution in [2.45, 2.75) is 31.3 Å².